The number of amides is 1. The minimum Gasteiger partial charge on any atom is -0.507 e. The lowest BCUT2D eigenvalue weighted by Crippen LogP contribution is -2.31. The highest BCUT2D eigenvalue weighted by atomic mass is 16.5. The lowest BCUT2D eigenvalue weighted by atomic mass is 9.95. The fourth-order valence-corrected chi connectivity index (χ4v) is 4.67. The third-order valence-corrected chi connectivity index (χ3v) is 6.68. The first-order chi connectivity index (χ1) is 18.5. The summed E-state index contributed by atoms with van der Waals surface area (Å²) in [5.74, 6) is -0.0952. The van der Waals surface area contributed by atoms with Gasteiger partial charge >= 0.3 is 0 Å². The molecule has 198 valence electrons. The molecule has 6 nitrogen and oxygen atoms in total. The van der Waals surface area contributed by atoms with Crippen LogP contribution >= 0.6 is 0 Å². The number of hydrogen-bond acceptors (Lipinski definition) is 5. The topological polar surface area (TPSA) is 76.1 Å². The van der Waals surface area contributed by atoms with Gasteiger partial charge in [0.2, 0.25) is 0 Å². The van der Waals surface area contributed by atoms with Crippen molar-refractivity contribution >= 4 is 17.4 Å². The van der Waals surface area contributed by atoms with Crippen molar-refractivity contribution in [3.63, 3.8) is 0 Å². The van der Waals surface area contributed by atoms with Crippen LogP contribution in [0.5, 0.6) is 11.5 Å². The molecule has 1 N–H and O–H groups in total. The molecule has 1 aliphatic heterocycles. The third-order valence-electron chi connectivity index (χ3n) is 6.68. The van der Waals surface area contributed by atoms with Gasteiger partial charge in [0.25, 0.3) is 11.7 Å². The summed E-state index contributed by atoms with van der Waals surface area (Å²) in [5, 5.41) is 11.3. The second-order valence-corrected chi connectivity index (χ2v) is 9.31. The molecule has 3 aromatic rings. The second kappa shape index (κ2) is 13.0. The van der Waals surface area contributed by atoms with E-state index in [-0.39, 0.29) is 11.3 Å². The molecule has 4 rings (SSSR count). The largest absolute Gasteiger partial charge is 0.507 e. The molecule has 1 saturated heterocycles. The van der Waals surface area contributed by atoms with Crippen molar-refractivity contribution in [3.05, 3.63) is 101 Å². The van der Waals surface area contributed by atoms with Crippen LogP contribution in [-0.4, -0.2) is 41.5 Å². The van der Waals surface area contributed by atoms with E-state index in [9.17, 15) is 14.7 Å². The maximum absolute atomic E-state index is 13.3. The minimum absolute atomic E-state index is 0.0869. The van der Waals surface area contributed by atoms with Crippen LogP contribution in [0.1, 0.15) is 55.8 Å². The summed E-state index contributed by atoms with van der Waals surface area (Å²) in [4.78, 5) is 28.1. The summed E-state index contributed by atoms with van der Waals surface area (Å²) in [6.45, 7) is 5.55. The van der Waals surface area contributed by atoms with E-state index in [0.29, 0.717) is 37.5 Å². The van der Waals surface area contributed by atoms with Crippen molar-refractivity contribution in [2.45, 2.75) is 45.6 Å². The number of benzene rings is 3. The Kier molecular flexibility index (Phi) is 9.20. The van der Waals surface area contributed by atoms with Crippen molar-refractivity contribution in [3.8, 4) is 11.5 Å². The van der Waals surface area contributed by atoms with Gasteiger partial charge in [0.15, 0.2) is 0 Å². The van der Waals surface area contributed by atoms with Gasteiger partial charge in [0.1, 0.15) is 17.3 Å². The van der Waals surface area contributed by atoms with E-state index >= 15 is 0 Å². The van der Waals surface area contributed by atoms with Crippen LogP contribution in [0.4, 0.5) is 0 Å². The van der Waals surface area contributed by atoms with Gasteiger partial charge < -0.3 is 19.5 Å². The van der Waals surface area contributed by atoms with E-state index in [1.54, 1.807) is 29.2 Å². The Morgan fingerprint density at radius 3 is 2.16 bits per heavy atom. The van der Waals surface area contributed by atoms with Crippen molar-refractivity contribution < 1.29 is 24.2 Å². The molecule has 0 aliphatic carbocycles. The molecule has 1 heterocycles. The van der Waals surface area contributed by atoms with Gasteiger partial charge in [-0.2, -0.15) is 0 Å². The smallest absolute Gasteiger partial charge is 0.295 e. The van der Waals surface area contributed by atoms with Crippen LogP contribution in [0.15, 0.2) is 84.4 Å². The fourth-order valence-electron chi connectivity index (χ4n) is 4.67. The molecule has 6 heteroatoms. The summed E-state index contributed by atoms with van der Waals surface area (Å²) in [6, 6.07) is 23.4. The van der Waals surface area contributed by atoms with Gasteiger partial charge in [-0.25, -0.2) is 0 Å². The molecular weight excluding hydrogens is 478 g/mol. The molecule has 3 aromatic carbocycles. The molecule has 1 unspecified atom stereocenters. The number of carbonyl (C=O) groups is 2. The average molecular weight is 514 g/mol. The SMILES string of the molecule is CCCCCOc1ccc(C2/C(=C(\O)c3ccc(OCC)cc3)C(=O)C(=O)N2CCc2ccccc2)cc1. The lowest BCUT2D eigenvalue weighted by molar-refractivity contribution is -0.139. The quantitative estimate of drug-likeness (QED) is 0.133. The number of ether oxygens (including phenoxy) is 2. The van der Waals surface area contributed by atoms with E-state index in [2.05, 4.69) is 6.92 Å². The van der Waals surface area contributed by atoms with Crippen LogP contribution in [0, 0.1) is 0 Å². The van der Waals surface area contributed by atoms with E-state index in [4.69, 9.17) is 9.47 Å². The van der Waals surface area contributed by atoms with Gasteiger partial charge in [0.05, 0.1) is 24.8 Å². The molecule has 0 radical (unpaired) electrons. The number of likely N-dealkylation sites (tertiary alicyclic amines) is 1. The molecule has 1 aliphatic rings. The highest BCUT2D eigenvalue weighted by Gasteiger charge is 2.45. The first-order valence-electron chi connectivity index (χ1n) is 13.3. The number of aliphatic hydroxyl groups excluding tert-OH is 1. The summed E-state index contributed by atoms with van der Waals surface area (Å²) < 4.78 is 11.4. The van der Waals surface area contributed by atoms with Gasteiger partial charge in [-0.05, 0) is 67.3 Å². The Morgan fingerprint density at radius 1 is 0.842 bits per heavy atom. The summed E-state index contributed by atoms with van der Waals surface area (Å²) in [7, 11) is 0. The Hall–Kier alpha value is -4.06. The Bertz CT molecular complexity index is 1250. The Labute approximate surface area is 224 Å². The van der Waals surface area contributed by atoms with Crippen molar-refractivity contribution in [1.29, 1.82) is 0 Å². The number of carbonyl (C=O) groups excluding carboxylic acids is 2. The highest BCUT2D eigenvalue weighted by Crippen LogP contribution is 2.40. The second-order valence-electron chi connectivity index (χ2n) is 9.31. The zero-order valence-corrected chi connectivity index (χ0v) is 22.1. The Morgan fingerprint density at radius 2 is 1.50 bits per heavy atom. The molecule has 0 saturated carbocycles. The van der Waals surface area contributed by atoms with Crippen molar-refractivity contribution in [1.82, 2.24) is 4.90 Å². The van der Waals surface area contributed by atoms with Crippen molar-refractivity contribution in [2.24, 2.45) is 0 Å². The van der Waals surface area contributed by atoms with E-state index in [1.807, 2.05) is 61.5 Å². The first kappa shape index (κ1) is 27.0. The monoisotopic (exact) mass is 513 g/mol. The maximum atomic E-state index is 13.3. The number of nitrogens with zero attached hydrogens (tertiary/aromatic N) is 1. The third kappa shape index (κ3) is 6.25. The standard InChI is InChI=1S/C32H35NO5/c1-3-5-9-22-38-27-16-12-24(13-17-27)29-28(30(34)25-14-18-26(19-15-25)37-4-2)31(35)32(36)33(29)21-20-23-10-7-6-8-11-23/h6-8,10-19,29,34H,3-5,9,20-22H2,1-2H3/b30-28+. The number of ketones is 1. The Balaban J connectivity index is 1.67. The zero-order valence-electron chi connectivity index (χ0n) is 22.1. The normalized spacial score (nSPS) is 16.6. The number of Topliss-reactive ketones (excluding diaryl/α,β-unsaturated/α-hetero) is 1. The van der Waals surface area contributed by atoms with E-state index in [1.165, 1.54) is 0 Å². The molecule has 1 amide bonds. The summed E-state index contributed by atoms with van der Waals surface area (Å²) >= 11 is 0. The summed E-state index contributed by atoms with van der Waals surface area (Å²) in [5.41, 5.74) is 2.35. The number of rotatable bonds is 12. The van der Waals surface area contributed by atoms with Gasteiger partial charge in [0, 0.05) is 12.1 Å². The van der Waals surface area contributed by atoms with Gasteiger partial charge in [-0.15, -0.1) is 0 Å². The minimum atomic E-state index is -0.709. The number of unbranched alkanes of at least 4 members (excludes halogenated alkanes) is 2. The van der Waals surface area contributed by atoms with Crippen LogP contribution < -0.4 is 9.47 Å². The molecule has 1 atom stereocenters. The van der Waals surface area contributed by atoms with Crippen LogP contribution in [0.2, 0.25) is 0 Å². The number of hydrogen-bond donors (Lipinski definition) is 1. The maximum Gasteiger partial charge on any atom is 0.295 e. The molecule has 0 bridgehead atoms. The molecule has 0 spiro atoms. The summed E-state index contributed by atoms with van der Waals surface area (Å²) in [6.07, 6.45) is 3.81. The van der Waals surface area contributed by atoms with Gasteiger partial charge in [-0.1, -0.05) is 62.2 Å². The van der Waals surface area contributed by atoms with Crippen LogP contribution in [-0.2, 0) is 16.0 Å². The zero-order chi connectivity index (χ0) is 26.9. The predicted molar refractivity (Wildman–Crippen MR) is 148 cm³/mol. The fraction of sp³-hybridized carbons (Fsp3) is 0.312. The lowest BCUT2D eigenvalue weighted by Gasteiger charge is -2.25. The molecular formula is C32H35NO5. The van der Waals surface area contributed by atoms with Crippen LogP contribution in [0.25, 0.3) is 5.76 Å². The van der Waals surface area contributed by atoms with Crippen molar-refractivity contribution in [2.75, 3.05) is 19.8 Å². The molecule has 1 fully saturated rings. The van der Waals surface area contributed by atoms with E-state index < -0.39 is 17.7 Å². The van der Waals surface area contributed by atoms with Gasteiger partial charge in [-0.3, -0.25) is 9.59 Å². The molecule has 38 heavy (non-hydrogen) atoms. The first-order valence-corrected chi connectivity index (χ1v) is 13.3. The number of aliphatic hydroxyl groups is 1. The van der Waals surface area contributed by atoms with Crippen LogP contribution in [0.3, 0.4) is 0 Å². The highest BCUT2D eigenvalue weighted by molar-refractivity contribution is 6.46. The predicted octanol–water partition coefficient (Wildman–Crippen LogP) is 6.32. The van der Waals surface area contributed by atoms with E-state index in [0.717, 1.165) is 36.1 Å². The molecule has 0 aromatic heterocycles. The average Bonchev–Trinajstić information content (AvgIpc) is 3.20.